The molecule has 1 aliphatic heterocycles. The highest BCUT2D eigenvalue weighted by molar-refractivity contribution is 5.95. The highest BCUT2D eigenvalue weighted by atomic mass is 16.3. The van der Waals surface area contributed by atoms with Crippen molar-refractivity contribution in [2.45, 2.75) is 33.2 Å². The summed E-state index contributed by atoms with van der Waals surface area (Å²) in [6.45, 7) is 5.46. The Morgan fingerprint density at radius 1 is 1.52 bits per heavy atom. The fourth-order valence-electron chi connectivity index (χ4n) is 3.09. The third-order valence-corrected chi connectivity index (χ3v) is 4.20. The van der Waals surface area contributed by atoms with E-state index in [-0.39, 0.29) is 5.91 Å². The van der Waals surface area contributed by atoms with Gasteiger partial charge in [-0.3, -0.25) is 4.79 Å². The Labute approximate surface area is 124 Å². The van der Waals surface area contributed by atoms with Crippen LogP contribution < -0.4 is 0 Å². The molecule has 0 saturated heterocycles. The number of fused-ring (bicyclic) bond motifs is 1. The maximum atomic E-state index is 12.5. The van der Waals surface area contributed by atoms with Crippen molar-refractivity contribution < 1.29 is 9.21 Å². The number of nitrogens with zero attached hydrogens (tertiary/aromatic N) is 3. The molecule has 1 atom stereocenters. The molecule has 0 aromatic carbocycles. The van der Waals surface area contributed by atoms with E-state index in [1.165, 1.54) is 0 Å². The second kappa shape index (κ2) is 5.39. The Bertz CT molecular complexity index is 656. The third kappa shape index (κ3) is 2.73. The summed E-state index contributed by atoms with van der Waals surface area (Å²) in [5.41, 5.74) is 0.673. The maximum absolute atomic E-state index is 12.5. The summed E-state index contributed by atoms with van der Waals surface area (Å²) in [7, 11) is 1.87. The summed E-state index contributed by atoms with van der Waals surface area (Å²) in [5.74, 6) is 3.12. The number of hydrogen-bond acceptors (Lipinski definition) is 3. The Hall–Kier alpha value is -2.04. The molecule has 0 spiro atoms. The van der Waals surface area contributed by atoms with Crippen LogP contribution in [0.3, 0.4) is 0 Å². The molecule has 5 nitrogen and oxygen atoms in total. The molecule has 2 aromatic rings. The van der Waals surface area contributed by atoms with E-state index in [0.717, 1.165) is 37.5 Å². The van der Waals surface area contributed by atoms with E-state index in [2.05, 4.69) is 9.55 Å². The van der Waals surface area contributed by atoms with E-state index in [4.69, 9.17) is 4.42 Å². The molecule has 2 aromatic heterocycles. The lowest BCUT2D eigenvalue weighted by atomic mass is 9.97. The molecule has 0 saturated carbocycles. The van der Waals surface area contributed by atoms with Crippen molar-refractivity contribution in [3.63, 3.8) is 0 Å². The van der Waals surface area contributed by atoms with E-state index in [1.54, 1.807) is 4.90 Å². The first kappa shape index (κ1) is 13.9. The van der Waals surface area contributed by atoms with Crippen LogP contribution >= 0.6 is 0 Å². The lowest BCUT2D eigenvalue weighted by Crippen LogP contribution is -2.35. The molecule has 112 valence electrons. The molecule has 0 fully saturated rings. The molecular formula is C16H21N3O2. The van der Waals surface area contributed by atoms with Crippen LogP contribution in [0, 0.1) is 19.8 Å². The van der Waals surface area contributed by atoms with Crippen molar-refractivity contribution in [2.24, 2.45) is 5.92 Å². The fraction of sp³-hybridized carbons (Fsp3) is 0.500. The average molecular weight is 287 g/mol. The van der Waals surface area contributed by atoms with Gasteiger partial charge in [0.25, 0.3) is 5.91 Å². The summed E-state index contributed by atoms with van der Waals surface area (Å²) < 4.78 is 7.65. The van der Waals surface area contributed by atoms with E-state index < -0.39 is 0 Å². The van der Waals surface area contributed by atoms with Gasteiger partial charge in [0.15, 0.2) is 0 Å². The maximum Gasteiger partial charge on any atom is 0.257 e. The van der Waals surface area contributed by atoms with Crippen LogP contribution in [0.2, 0.25) is 0 Å². The first-order valence-corrected chi connectivity index (χ1v) is 7.37. The predicted octanol–water partition coefficient (Wildman–Crippen LogP) is 2.43. The van der Waals surface area contributed by atoms with E-state index in [0.29, 0.717) is 17.2 Å². The second-order valence-electron chi connectivity index (χ2n) is 5.91. The van der Waals surface area contributed by atoms with Gasteiger partial charge in [0, 0.05) is 39.0 Å². The highest BCUT2D eigenvalue weighted by Crippen LogP contribution is 2.21. The molecule has 5 heteroatoms. The quantitative estimate of drug-likeness (QED) is 0.871. The van der Waals surface area contributed by atoms with Gasteiger partial charge in [-0.05, 0) is 32.3 Å². The summed E-state index contributed by atoms with van der Waals surface area (Å²) in [6.07, 6.45) is 5.90. The van der Waals surface area contributed by atoms with E-state index >= 15 is 0 Å². The third-order valence-electron chi connectivity index (χ3n) is 4.20. The van der Waals surface area contributed by atoms with Crippen molar-refractivity contribution >= 4 is 5.91 Å². The van der Waals surface area contributed by atoms with Crippen molar-refractivity contribution in [1.82, 2.24) is 14.5 Å². The van der Waals surface area contributed by atoms with Gasteiger partial charge in [-0.15, -0.1) is 0 Å². The van der Waals surface area contributed by atoms with Crippen molar-refractivity contribution in [2.75, 3.05) is 13.6 Å². The van der Waals surface area contributed by atoms with Gasteiger partial charge in [0.1, 0.15) is 17.3 Å². The largest absolute Gasteiger partial charge is 0.466 e. The summed E-state index contributed by atoms with van der Waals surface area (Å²) in [4.78, 5) is 18.7. The van der Waals surface area contributed by atoms with Crippen LogP contribution in [0.15, 0.2) is 22.9 Å². The number of furan rings is 1. The molecule has 0 bridgehead atoms. The minimum Gasteiger partial charge on any atom is -0.466 e. The lowest BCUT2D eigenvalue weighted by Gasteiger charge is -2.27. The number of rotatable bonds is 3. The fourth-order valence-corrected chi connectivity index (χ4v) is 3.09. The topological polar surface area (TPSA) is 51.3 Å². The van der Waals surface area contributed by atoms with Gasteiger partial charge in [-0.25, -0.2) is 4.98 Å². The highest BCUT2D eigenvalue weighted by Gasteiger charge is 2.24. The van der Waals surface area contributed by atoms with Gasteiger partial charge >= 0.3 is 0 Å². The van der Waals surface area contributed by atoms with Crippen LogP contribution in [0.25, 0.3) is 0 Å². The molecule has 3 heterocycles. The van der Waals surface area contributed by atoms with Gasteiger partial charge in [-0.1, -0.05) is 0 Å². The first-order valence-electron chi connectivity index (χ1n) is 7.37. The molecule has 1 unspecified atom stereocenters. The number of hydrogen-bond donors (Lipinski definition) is 0. The minimum atomic E-state index is 0.0401. The summed E-state index contributed by atoms with van der Waals surface area (Å²) in [5, 5.41) is 0. The van der Waals surface area contributed by atoms with Crippen LogP contribution in [0.4, 0.5) is 0 Å². The van der Waals surface area contributed by atoms with Crippen molar-refractivity contribution in [1.29, 1.82) is 0 Å². The molecule has 0 radical (unpaired) electrons. The molecule has 1 aliphatic rings. The Morgan fingerprint density at radius 3 is 3.05 bits per heavy atom. The second-order valence-corrected chi connectivity index (χ2v) is 5.91. The lowest BCUT2D eigenvalue weighted by molar-refractivity contribution is 0.0762. The zero-order valence-corrected chi connectivity index (χ0v) is 12.8. The molecule has 0 aliphatic carbocycles. The molecular weight excluding hydrogens is 266 g/mol. The van der Waals surface area contributed by atoms with Crippen molar-refractivity contribution in [3.05, 3.63) is 41.4 Å². The monoisotopic (exact) mass is 287 g/mol. The number of carbonyl (C=O) groups excluding carboxylic acids is 1. The molecule has 1 amide bonds. The standard InChI is InChI=1S/C16H21N3O2/c1-11-8-14(12(2)21-11)16(20)18(3)10-13-4-6-19-7-5-17-15(19)9-13/h5,7-8,13H,4,6,9-10H2,1-3H3. The smallest absolute Gasteiger partial charge is 0.257 e. The molecule has 21 heavy (non-hydrogen) atoms. The van der Waals surface area contributed by atoms with Gasteiger partial charge in [0.05, 0.1) is 5.56 Å². The SMILES string of the molecule is Cc1cc(C(=O)N(C)CC2CCn3ccnc3C2)c(C)o1. The summed E-state index contributed by atoms with van der Waals surface area (Å²) >= 11 is 0. The number of amides is 1. The van der Waals surface area contributed by atoms with Crippen LogP contribution in [-0.4, -0.2) is 34.0 Å². The number of aryl methyl sites for hydroxylation is 3. The van der Waals surface area contributed by atoms with Crippen molar-refractivity contribution in [3.8, 4) is 0 Å². The van der Waals surface area contributed by atoms with E-state index in [9.17, 15) is 4.79 Å². The van der Waals surface area contributed by atoms with Crippen LogP contribution in [0.1, 0.15) is 34.1 Å². The van der Waals surface area contributed by atoms with Crippen LogP contribution in [0.5, 0.6) is 0 Å². The molecule has 3 rings (SSSR count). The van der Waals surface area contributed by atoms with Gasteiger partial charge in [-0.2, -0.15) is 0 Å². The van der Waals surface area contributed by atoms with Gasteiger partial charge in [0.2, 0.25) is 0 Å². The predicted molar refractivity (Wildman–Crippen MR) is 79.2 cm³/mol. The number of aromatic nitrogens is 2. The first-order chi connectivity index (χ1) is 10.0. The van der Waals surface area contributed by atoms with Crippen LogP contribution in [-0.2, 0) is 13.0 Å². The Morgan fingerprint density at radius 2 is 2.33 bits per heavy atom. The normalized spacial score (nSPS) is 17.6. The Kier molecular flexibility index (Phi) is 3.57. The zero-order chi connectivity index (χ0) is 15.0. The molecule has 0 N–H and O–H groups in total. The van der Waals surface area contributed by atoms with Gasteiger partial charge < -0.3 is 13.9 Å². The zero-order valence-electron chi connectivity index (χ0n) is 12.8. The summed E-state index contributed by atoms with van der Waals surface area (Å²) in [6, 6.07) is 1.82. The number of imidazole rings is 1. The Balaban J connectivity index is 1.65. The average Bonchev–Trinajstić information content (AvgIpc) is 3.03. The minimum absolute atomic E-state index is 0.0401. The van der Waals surface area contributed by atoms with E-state index in [1.807, 2.05) is 39.4 Å². The number of carbonyl (C=O) groups is 1.